The summed E-state index contributed by atoms with van der Waals surface area (Å²) in [6.45, 7) is 5.42. The van der Waals surface area contributed by atoms with Crippen LogP contribution < -0.4 is 5.73 Å². The molecule has 0 unspecified atom stereocenters. The molecule has 5 N–H and O–H groups in total. The fraction of sp³-hybridized carbons (Fsp3) is 0.500. The molecule has 0 aliphatic heterocycles. The molecule has 5 heteroatoms. The van der Waals surface area contributed by atoms with Crippen LogP contribution in [0.2, 0.25) is 0 Å². The third kappa shape index (κ3) is 14.7. The van der Waals surface area contributed by atoms with Gasteiger partial charge in [0.05, 0.1) is 18.9 Å². The monoisotopic (exact) mass is 245 g/mol. The highest BCUT2D eigenvalue weighted by atomic mass is 16.5. The second-order valence-corrected chi connectivity index (χ2v) is 2.79. The normalized spacial score (nSPS) is 8.47. The zero-order valence-electron chi connectivity index (χ0n) is 10.5. The molecule has 100 valence electrons. The van der Waals surface area contributed by atoms with Crippen molar-refractivity contribution in [3.05, 3.63) is 24.3 Å². The molecule has 1 aromatic carbocycles. The summed E-state index contributed by atoms with van der Waals surface area (Å²) in [5.74, 6) is 0.146. The van der Waals surface area contributed by atoms with Gasteiger partial charge in [0.1, 0.15) is 5.75 Å². The van der Waals surface area contributed by atoms with Crippen molar-refractivity contribution in [2.75, 3.05) is 32.2 Å². The molecule has 0 atom stereocenters. The summed E-state index contributed by atoms with van der Waals surface area (Å²) in [4.78, 5) is 0. The van der Waals surface area contributed by atoms with Crippen LogP contribution in [0.25, 0.3) is 0 Å². The first kappa shape index (κ1) is 18.1. The minimum Gasteiger partial charge on any atom is -0.506 e. The third-order valence-electron chi connectivity index (χ3n) is 1.45. The topological polar surface area (TPSA) is 95.9 Å². The van der Waals surface area contributed by atoms with E-state index in [0.29, 0.717) is 5.69 Å². The van der Waals surface area contributed by atoms with Gasteiger partial charge < -0.3 is 25.8 Å². The first-order valence-electron chi connectivity index (χ1n) is 5.46. The van der Waals surface area contributed by atoms with E-state index >= 15 is 0 Å². The molecule has 0 aliphatic carbocycles. The second kappa shape index (κ2) is 14.7. The number of aliphatic hydroxyl groups excluding tert-OH is 2. The van der Waals surface area contributed by atoms with Gasteiger partial charge >= 0.3 is 0 Å². The number of aliphatic hydroxyl groups is 2. The Morgan fingerprint density at radius 1 is 1.06 bits per heavy atom. The second-order valence-electron chi connectivity index (χ2n) is 2.79. The SMILES string of the molecule is CCOCC.Nc1ccccc1O.OCCO. The van der Waals surface area contributed by atoms with E-state index in [4.69, 9.17) is 25.8 Å². The molecular weight excluding hydrogens is 222 g/mol. The molecule has 1 aromatic rings. The Morgan fingerprint density at radius 2 is 1.53 bits per heavy atom. The number of anilines is 1. The zero-order chi connectivity index (χ0) is 13.5. The van der Waals surface area contributed by atoms with E-state index in [0.717, 1.165) is 13.2 Å². The maximum absolute atomic E-state index is 8.79. The Kier molecular flexibility index (Phi) is 15.6. The number of rotatable bonds is 3. The van der Waals surface area contributed by atoms with E-state index in [9.17, 15) is 0 Å². The average molecular weight is 245 g/mol. The van der Waals surface area contributed by atoms with Gasteiger partial charge in [-0.3, -0.25) is 0 Å². The summed E-state index contributed by atoms with van der Waals surface area (Å²) in [5, 5.41) is 24.0. The van der Waals surface area contributed by atoms with Crippen molar-refractivity contribution in [2.45, 2.75) is 13.8 Å². The highest BCUT2D eigenvalue weighted by Gasteiger charge is 1.87. The van der Waals surface area contributed by atoms with Crippen LogP contribution in [0.3, 0.4) is 0 Å². The standard InChI is InChI=1S/C6H7NO.C4H10O.C2H6O2/c7-5-3-1-2-4-6(5)8;1-3-5-4-2;3-1-2-4/h1-4,8H,7H2;3-4H2,1-2H3;3-4H,1-2H2. The number of hydrogen-bond donors (Lipinski definition) is 4. The lowest BCUT2D eigenvalue weighted by Gasteiger charge is -1.92. The first-order chi connectivity index (χ1) is 8.13. The van der Waals surface area contributed by atoms with E-state index < -0.39 is 0 Å². The lowest BCUT2D eigenvalue weighted by atomic mass is 10.3. The maximum atomic E-state index is 8.79. The molecular formula is C12H23NO4. The van der Waals surface area contributed by atoms with Gasteiger partial charge in [-0.2, -0.15) is 0 Å². The average Bonchev–Trinajstić information content (AvgIpc) is 2.35. The lowest BCUT2D eigenvalue weighted by Crippen LogP contribution is -1.85. The Hall–Kier alpha value is -1.30. The van der Waals surface area contributed by atoms with Crippen LogP contribution in [-0.2, 0) is 4.74 Å². The van der Waals surface area contributed by atoms with Crippen molar-refractivity contribution in [1.82, 2.24) is 0 Å². The van der Waals surface area contributed by atoms with Gasteiger partial charge in [0.15, 0.2) is 0 Å². The summed E-state index contributed by atoms with van der Waals surface area (Å²) in [7, 11) is 0. The smallest absolute Gasteiger partial charge is 0.138 e. The molecule has 5 nitrogen and oxygen atoms in total. The van der Waals surface area contributed by atoms with E-state index in [2.05, 4.69) is 0 Å². The molecule has 0 aromatic heterocycles. The van der Waals surface area contributed by atoms with Gasteiger partial charge in [-0.15, -0.1) is 0 Å². The number of nitrogen functional groups attached to an aromatic ring is 1. The number of para-hydroxylation sites is 2. The van der Waals surface area contributed by atoms with Gasteiger partial charge in [0, 0.05) is 13.2 Å². The van der Waals surface area contributed by atoms with E-state index in [1.807, 2.05) is 13.8 Å². The number of hydrogen-bond acceptors (Lipinski definition) is 5. The molecule has 0 aliphatic rings. The maximum Gasteiger partial charge on any atom is 0.138 e. The molecule has 0 radical (unpaired) electrons. The van der Waals surface area contributed by atoms with Crippen LogP contribution in [0, 0.1) is 0 Å². The highest BCUT2D eigenvalue weighted by Crippen LogP contribution is 2.16. The Balaban J connectivity index is 0. The molecule has 0 saturated heterocycles. The van der Waals surface area contributed by atoms with E-state index in [-0.39, 0.29) is 19.0 Å². The van der Waals surface area contributed by atoms with Crippen LogP contribution in [0.5, 0.6) is 5.75 Å². The first-order valence-corrected chi connectivity index (χ1v) is 5.46. The van der Waals surface area contributed by atoms with Crippen LogP contribution in [0.4, 0.5) is 5.69 Å². The van der Waals surface area contributed by atoms with Gasteiger partial charge in [-0.05, 0) is 26.0 Å². The largest absolute Gasteiger partial charge is 0.506 e. The number of phenols is 1. The van der Waals surface area contributed by atoms with Crippen molar-refractivity contribution in [3.8, 4) is 5.75 Å². The van der Waals surface area contributed by atoms with Gasteiger partial charge in [-0.25, -0.2) is 0 Å². The highest BCUT2D eigenvalue weighted by molar-refractivity contribution is 5.50. The molecule has 17 heavy (non-hydrogen) atoms. The van der Waals surface area contributed by atoms with Gasteiger partial charge in [-0.1, -0.05) is 12.1 Å². The molecule has 0 fully saturated rings. The van der Waals surface area contributed by atoms with Crippen LogP contribution in [0.1, 0.15) is 13.8 Å². The summed E-state index contributed by atoms with van der Waals surface area (Å²) < 4.78 is 4.83. The van der Waals surface area contributed by atoms with Gasteiger partial charge in [0.25, 0.3) is 0 Å². The number of nitrogens with two attached hydrogens (primary N) is 1. The Morgan fingerprint density at radius 3 is 1.71 bits per heavy atom. The van der Waals surface area contributed by atoms with E-state index in [1.165, 1.54) is 0 Å². The quantitative estimate of drug-likeness (QED) is 0.470. The van der Waals surface area contributed by atoms with Crippen LogP contribution in [0.15, 0.2) is 24.3 Å². The fourth-order valence-electron chi connectivity index (χ4n) is 0.692. The number of ether oxygens (including phenoxy) is 1. The Bertz CT molecular complexity index is 231. The fourth-order valence-corrected chi connectivity index (χ4v) is 0.692. The summed E-state index contributed by atoms with van der Waals surface area (Å²) in [5.41, 5.74) is 5.69. The number of benzene rings is 1. The summed E-state index contributed by atoms with van der Waals surface area (Å²) in [6, 6.07) is 6.70. The minimum atomic E-state index is -0.125. The minimum absolute atomic E-state index is 0.125. The van der Waals surface area contributed by atoms with E-state index in [1.54, 1.807) is 24.3 Å². The van der Waals surface area contributed by atoms with Crippen molar-refractivity contribution < 1.29 is 20.1 Å². The Labute approximate surface area is 102 Å². The van der Waals surface area contributed by atoms with Crippen LogP contribution in [-0.4, -0.2) is 41.7 Å². The van der Waals surface area contributed by atoms with Crippen LogP contribution >= 0.6 is 0 Å². The van der Waals surface area contributed by atoms with Crippen molar-refractivity contribution in [1.29, 1.82) is 0 Å². The predicted octanol–water partition coefficient (Wildman–Crippen LogP) is 0.988. The molecule has 0 bridgehead atoms. The molecule has 0 heterocycles. The molecule has 1 rings (SSSR count). The lowest BCUT2D eigenvalue weighted by molar-refractivity contribution is 0.162. The molecule has 0 spiro atoms. The van der Waals surface area contributed by atoms with Crippen molar-refractivity contribution in [2.24, 2.45) is 0 Å². The summed E-state index contributed by atoms with van der Waals surface area (Å²) in [6.07, 6.45) is 0. The number of aromatic hydroxyl groups is 1. The summed E-state index contributed by atoms with van der Waals surface area (Å²) >= 11 is 0. The number of phenolic OH excluding ortho intramolecular Hbond substituents is 1. The zero-order valence-corrected chi connectivity index (χ0v) is 10.5. The van der Waals surface area contributed by atoms with Crippen molar-refractivity contribution in [3.63, 3.8) is 0 Å². The van der Waals surface area contributed by atoms with Crippen molar-refractivity contribution >= 4 is 5.69 Å². The molecule has 0 saturated carbocycles. The molecule has 0 amide bonds. The third-order valence-corrected chi connectivity index (χ3v) is 1.45. The predicted molar refractivity (Wildman–Crippen MR) is 68.9 cm³/mol. The van der Waals surface area contributed by atoms with Gasteiger partial charge in [0.2, 0.25) is 0 Å².